The average molecular weight is 316 g/mol. The molecule has 23 heavy (non-hydrogen) atoms. The van der Waals surface area contributed by atoms with Crippen LogP contribution in [0.1, 0.15) is 63.2 Å². The first-order valence-electron chi connectivity index (χ1n) is 8.72. The standard InChI is InChI=1S/C20H28O3/c1-13-7-9-19(3)14(2)16(21)5-6-18(19)20(13,4)11-17(22)15-8-10-23-12-15/h8,10,12-13,16,18,21H,2,5-7,9,11H2,1,3-4H3/t13-,16-,18+,19+,20+/m1/s1. The first-order chi connectivity index (χ1) is 10.8. The topological polar surface area (TPSA) is 50.4 Å². The van der Waals surface area contributed by atoms with Crippen molar-refractivity contribution in [3.8, 4) is 0 Å². The van der Waals surface area contributed by atoms with Gasteiger partial charge in [-0.25, -0.2) is 0 Å². The molecule has 0 unspecified atom stereocenters. The van der Waals surface area contributed by atoms with Crippen LogP contribution < -0.4 is 0 Å². The molecule has 3 rings (SSSR count). The van der Waals surface area contributed by atoms with Crippen molar-refractivity contribution in [2.75, 3.05) is 0 Å². The summed E-state index contributed by atoms with van der Waals surface area (Å²) in [6.07, 6.45) is 7.12. The van der Waals surface area contributed by atoms with Crippen molar-refractivity contribution in [1.29, 1.82) is 0 Å². The molecule has 0 aliphatic heterocycles. The summed E-state index contributed by atoms with van der Waals surface area (Å²) in [6.45, 7) is 11.0. The summed E-state index contributed by atoms with van der Waals surface area (Å²) in [5.41, 5.74) is 1.52. The predicted octanol–water partition coefficient (Wildman–Crippen LogP) is 4.62. The van der Waals surface area contributed by atoms with Crippen molar-refractivity contribution < 1.29 is 14.3 Å². The summed E-state index contributed by atoms with van der Waals surface area (Å²) >= 11 is 0. The highest BCUT2D eigenvalue weighted by atomic mass is 16.3. The summed E-state index contributed by atoms with van der Waals surface area (Å²) in [4.78, 5) is 12.7. The molecule has 0 saturated heterocycles. The van der Waals surface area contributed by atoms with Crippen LogP contribution in [0.2, 0.25) is 0 Å². The van der Waals surface area contributed by atoms with Gasteiger partial charge in [-0.2, -0.15) is 0 Å². The van der Waals surface area contributed by atoms with E-state index >= 15 is 0 Å². The fourth-order valence-corrected chi connectivity index (χ4v) is 5.17. The Kier molecular flexibility index (Phi) is 4.04. The largest absolute Gasteiger partial charge is 0.472 e. The van der Waals surface area contributed by atoms with E-state index in [9.17, 15) is 9.90 Å². The van der Waals surface area contributed by atoms with Gasteiger partial charge < -0.3 is 9.52 Å². The Morgan fingerprint density at radius 1 is 1.39 bits per heavy atom. The predicted molar refractivity (Wildman–Crippen MR) is 90.1 cm³/mol. The number of carbonyl (C=O) groups is 1. The molecule has 2 aliphatic carbocycles. The van der Waals surface area contributed by atoms with Gasteiger partial charge in [-0.3, -0.25) is 4.79 Å². The quantitative estimate of drug-likeness (QED) is 0.654. The van der Waals surface area contributed by atoms with E-state index < -0.39 is 6.10 Å². The van der Waals surface area contributed by atoms with Gasteiger partial charge in [-0.1, -0.05) is 27.4 Å². The van der Waals surface area contributed by atoms with Crippen LogP contribution in [0.25, 0.3) is 0 Å². The molecule has 1 aromatic heterocycles. The number of fused-ring (bicyclic) bond motifs is 1. The number of hydrogen-bond acceptors (Lipinski definition) is 3. The number of hydrogen-bond donors (Lipinski definition) is 1. The molecule has 2 fully saturated rings. The second-order valence-corrected chi connectivity index (χ2v) is 8.15. The van der Waals surface area contributed by atoms with E-state index in [1.165, 1.54) is 0 Å². The van der Waals surface area contributed by atoms with Gasteiger partial charge in [0.2, 0.25) is 0 Å². The number of carbonyl (C=O) groups excluding carboxylic acids is 1. The third-order valence-electron chi connectivity index (χ3n) is 7.04. The summed E-state index contributed by atoms with van der Waals surface area (Å²) in [6, 6.07) is 1.75. The fourth-order valence-electron chi connectivity index (χ4n) is 5.17. The van der Waals surface area contributed by atoms with E-state index in [1.54, 1.807) is 18.6 Å². The third-order valence-corrected chi connectivity index (χ3v) is 7.04. The lowest BCUT2D eigenvalue weighted by Gasteiger charge is -2.59. The summed E-state index contributed by atoms with van der Waals surface area (Å²) < 4.78 is 5.07. The van der Waals surface area contributed by atoms with Gasteiger partial charge in [0.1, 0.15) is 6.26 Å². The smallest absolute Gasteiger partial charge is 0.166 e. The lowest BCUT2D eigenvalue weighted by atomic mass is 9.45. The number of Topliss-reactive ketones (excluding diaryl/α,β-unsaturated/α-hetero) is 1. The molecule has 3 heteroatoms. The average Bonchev–Trinajstić information content (AvgIpc) is 3.03. The van der Waals surface area contributed by atoms with Crippen molar-refractivity contribution in [3.05, 3.63) is 36.3 Å². The molecule has 1 aromatic rings. The molecular formula is C20H28O3. The van der Waals surface area contributed by atoms with E-state index in [0.717, 1.165) is 31.3 Å². The van der Waals surface area contributed by atoms with Crippen molar-refractivity contribution in [2.45, 2.75) is 59.0 Å². The zero-order valence-corrected chi connectivity index (χ0v) is 14.5. The minimum absolute atomic E-state index is 0.0599. The van der Waals surface area contributed by atoms with Crippen molar-refractivity contribution in [1.82, 2.24) is 0 Å². The van der Waals surface area contributed by atoms with E-state index in [2.05, 4.69) is 27.4 Å². The summed E-state index contributed by atoms with van der Waals surface area (Å²) in [7, 11) is 0. The van der Waals surface area contributed by atoms with Crippen molar-refractivity contribution >= 4 is 5.78 Å². The third kappa shape index (κ3) is 2.50. The molecule has 0 radical (unpaired) electrons. The highest BCUT2D eigenvalue weighted by molar-refractivity contribution is 5.96. The molecule has 0 spiro atoms. The van der Waals surface area contributed by atoms with E-state index in [0.29, 0.717) is 23.8 Å². The second kappa shape index (κ2) is 5.62. The maximum Gasteiger partial charge on any atom is 0.166 e. The second-order valence-electron chi connectivity index (χ2n) is 8.15. The molecule has 2 saturated carbocycles. The Balaban J connectivity index is 1.92. The molecule has 1 heterocycles. The Bertz CT molecular complexity index is 602. The molecule has 2 aliphatic rings. The van der Waals surface area contributed by atoms with Gasteiger partial charge in [-0.15, -0.1) is 0 Å². The Labute approximate surface area is 138 Å². The lowest BCUT2D eigenvalue weighted by molar-refractivity contribution is -0.0684. The zero-order chi connectivity index (χ0) is 16.8. The SMILES string of the molecule is C=C1[C@H](O)CC[C@@H]2[C@@](C)(CC(=O)c3ccoc3)[C@H](C)CC[C@@]12C. The molecule has 0 aromatic carbocycles. The fraction of sp³-hybridized carbons (Fsp3) is 0.650. The van der Waals surface area contributed by atoms with E-state index in [4.69, 9.17) is 4.42 Å². The normalized spacial score (nSPS) is 40.7. The van der Waals surface area contributed by atoms with Crippen LogP contribution in [-0.2, 0) is 0 Å². The number of rotatable bonds is 3. The van der Waals surface area contributed by atoms with Crippen LogP contribution in [0, 0.1) is 22.7 Å². The van der Waals surface area contributed by atoms with Gasteiger partial charge in [0.05, 0.1) is 17.9 Å². The molecule has 0 bridgehead atoms. The number of ketones is 1. The van der Waals surface area contributed by atoms with Crippen LogP contribution in [0.5, 0.6) is 0 Å². The Hall–Kier alpha value is -1.35. The highest BCUT2D eigenvalue weighted by Gasteiger charge is 2.56. The van der Waals surface area contributed by atoms with Gasteiger partial charge >= 0.3 is 0 Å². The minimum Gasteiger partial charge on any atom is -0.472 e. The highest BCUT2D eigenvalue weighted by Crippen LogP contribution is 2.62. The van der Waals surface area contributed by atoms with Crippen LogP contribution in [-0.4, -0.2) is 17.0 Å². The van der Waals surface area contributed by atoms with Crippen LogP contribution >= 0.6 is 0 Å². The Morgan fingerprint density at radius 2 is 2.13 bits per heavy atom. The molecule has 126 valence electrons. The first kappa shape index (κ1) is 16.5. The van der Waals surface area contributed by atoms with E-state index in [1.807, 2.05) is 0 Å². The molecular weight excluding hydrogens is 288 g/mol. The maximum atomic E-state index is 12.7. The number of furan rings is 1. The molecule has 1 N–H and O–H groups in total. The van der Waals surface area contributed by atoms with Crippen molar-refractivity contribution in [3.63, 3.8) is 0 Å². The first-order valence-corrected chi connectivity index (χ1v) is 8.72. The van der Waals surface area contributed by atoms with Gasteiger partial charge in [0.15, 0.2) is 5.78 Å². The van der Waals surface area contributed by atoms with Crippen LogP contribution in [0.15, 0.2) is 35.2 Å². The number of aliphatic hydroxyl groups is 1. The minimum atomic E-state index is -0.390. The molecule has 3 nitrogen and oxygen atoms in total. The lowest BCUT2D eigenvalue weighted by Crippen LogP contribution is -2.53. The molecule has 0 amide bonds. The summed E-state index contributed by atoms with van der Waals surface area (Å²) in [5.74, 6) is 1.04. The van der Waals surface area contributed by atoms with E-state index in [-0.39, 0.29) is 16.6 Å². The Morgan fingerprint density at radius 3 is 2.78 bits per heavy atom. The summed E-state index contributed by atoms with van der Waals surface area (Å²) in [5, 5.41) is 10.3. The number of aliphatic hydroxyl groups excluding tert-OH is 1. The van der Waals surface area contributed by atoms with Gasteiger partial charge in [0, 0.05) is 6.42 Å². The zero-order valence-electron chi connectivity index (χ0n) is 14.5. The van der Waals surface area contributed by atoms with Gasteiger partial charge in [0.25, 0.3) is 0 Å². The monoisotopic (exact) mass is 316 g/mol. The molecule has 5 atom stereocenters. The maximum absolute atomic E-state index is 12.7. The van der Waals surface area contributed by atoms with Gasteiger partial charge in [-0.05, 0) is 60.0 Å². The van der Waals surface area contributed by atoms with Crippen LogP contribution in [0.3, 0.4) is 0 Å². The van der Waals surface area contributed by atoms with Crippen LogP contribution in [0.4, 0.5) is 0 Å². The van der Waals surface area contributed by atoms with Crippen molar-refractivity contribution in [2.24, 2.45) is 22.7 Å².